The number of hydrogen-bond donors (Lipinski definition) is 3. The summed E-state index contributed by atoms with van der Waals surface area (Å²) in [7, 11) is 1.53. The zero-order valence-electron chi connectivity index (χ0n) is 20.9. The maximum atomic E-state index is 12.4. The van der Waals surface area contributed by atoms with Crippen molar-refractivity contribution in [2.75, 3.05) is 33.3 Å². The van der Waals surface area contributed by atoms with Crippen LogP contribution in [0, 0.1) is 11.8 Å². The molecule has 1 aliphatic heterocycles. The number of hydrogen-bond acceptors (Lipinski definition) is 6. The van der Waals surface area contributed by atoms with Gasteiger partial charge in [-0.2, -0.15) is 0 Å². The van der Waals surface area contributed by atoms with Crippen molar-refractivity contribution in [3.05, 3.63) is 30.0 Å². The Morgan fingerprint density at radius 3 is 2.46 bits per heavy atom. The molecule has 3 amide bonds. The number of aromatic nitrogens is 1. The predicted octanol–water partition coefficient (Wildman–Crippen LogP) is 1.69. The molecule has 1 aromatic carbocycles. The Morgan fingerprint density at radius 2 is 1.89 bits per heavy atom. The lowest BCUT2D eigenvalue weighted by molar-refractivity contribution is -0.145. The van der Waals surface area contributed by atoms with Crippen LogP contribution in [0.4, 0.5) is 0 Å². The fourth-order valence-corrected chi connectivity index (χ4v) is 3.50. The minimum absolute atomic E-state index is 0.0221. The number of Topliss-reactive ketones (excluding diaryl/α,β-unsaturated/α-hetero) is 2. The molecule has 10 heteroatoms. The zero-order chi connectivity index (χ0) is 26.1. The summed E-state index contributed by atoms with van der Waals surface area (Å²) in [6.07, 6.45) is 0.523. The van der Waals surface area contributed by atoms with Crippen LogP contribution in [-0.4, -0.2) is 72.5 Å². The number of ketones is 2. The molecule has 0 spiro atoms. The first-order chi connectivity index (χ1) is 16.5. The highest BCUT2D eigenvalue weighted by atomic mass is 16.5. The van der Waals surface area contributed by atoms with Gasteiger partial charge in [0.05, 0.1) is 26.1 Å². The molecule has 1 aromatic heterocycles. The van der Waals surface area contributed by atoms with E-state index in [2.05, 4.69) is 36.4 Å². The number of rotatable bonds is 9. The van der Waals surface area contributed by atoms with E-state index >= 15 is 0 Å². The van der Waals surface area contributed by atoms with Gasteiger partial charge in [0.2, 0.25) is 11.7 Å². The van der Waals surface area contributed by atoms with Gasteiger partial charge in [-0.1, -0.05) is 26.8 Å². The Labute approximate surface area is 204 Å². The van der Waals surface area contributed by atoms with Crippen LogP contribution in [0.25, 0.3) is 10.9 Å². The second kappa shape index (κ2) is 12.7. The van der Waals surface area contributed by atoms with Gasteiger partial charge in [0.1, 0.15) is 11.4 Å². The standard InChI is InChI=1S/C21H24N4O6.C4H10/c1-12(26)21(30)25(10-13-6-7-22-19(13)28)11-14(27)9-23-20(29)17-8-15-16(24-17)4-3-5-18(15)31-2;1-4(2)3/h3-5,8,13,24H,6-7,9-11H2,1-2H3,(H,22,28)(H,23,29);4H,1-3H3/t13-;/m0./s1. The Kier molecular flexibility index (Phi) is 9.98. The average molecular weight is 487 g/mol. The molecule has 10 nitrogen and oxygen atoms in total. The summed E-state index contributed by atoms with van der Waals surface area (Å²) in [5.74, 6) is -1.74. The Morgan fingerprint density at radius 1 is 1.20 bits per heavy atom. The number of carbonyl (C=O) groups excluding carboxylic acids is 5. The molecule has 1 fully saturated rings. The van der Waals surface area contributed by atoms with Crippen molar-refractivity contribution in [2.24, 2.45) is 11.8 Å². The molecule has 2 aromatic rings. The topological polar surface area (TPSA) is 138 Å². The number of benzene rings is 1. The van der Waals surface area contributed by atoms with Gasteiger partial charge >= 0.3 is 0 Å². The van der Waals surface area contributed by atoms with Crippen LogP contribution in [0.3, 0.4) is 0 Å². The number of fused-ring (bicyclic) bond motifs is 1. The van der Waals surface area contributed by atoms with E-state index in [1.807, 2.05) is 0 Å². The normalized spacial score (nSPS) is 14.7. The third-order valence-electron chi connectivity index (χ3n) is 5.09. The first-order valence-corrected chi connectivity index (χ1v) is 11.6. The molecule has 0 saturated carbocycles. The fraction of sp³-hybridized carbons (Fsp3) is 0.480. The lowest BCUT2D eigenvalue weighted by Crippen LogP contribution is -2.45. The SMILES string of the molecule is CC(C)C.COc1cccc2[nH]c(C(=O)NCC(=O)CN(C[C@@H]3CCNC3=O)C(=O)C(C)=O)cc12. The van der Waals surface area contributed by atoms with Gasteiger partial charge in [0.25, 0.3) is 11.8 Å². The third-order valence-corrected chi connectivity index (χ3v) is 5.09. The quantitative estimate of drug-likeness (QED) is 0.461. The largest absolute Gasteiger partial charge is 0.496 e. The minimum Gasteiger partial charge on any atom is -0.496 e. The van der Waals surface area contributed by atoms with Gasteiger partial charge in [0.15, 0.2) is 5.78 Å². The first-order valence-electron chi connectivity index (χ1n) is 11.6. The first kappa shape index (κ1) is 27.6. The van der Waals surface area contributed by atoms with Gasteiger partial charge in [-0.15, -0.1) is 0 Å². The van der Waals surface area contributed by atoms with Crippen molar-refractivity contribution in [3.63, 3.8) is 0 Å². The van der Waals surface area contributed by atoms with Gasteiger partial charge in [-0.25, -0.2) is 0 Å². The molecule has 2 heterocycles. The van der Waals surface area contributed by atoms with Crippen LogP contribution in [-0.2, 0) is 19.2 Å². The molecule has 3 N–H and O–H groups in total. The summed E-state index contributed by atoms with van der Waals surface area (Å²) in [5.41, 5.74) is 0.968. The van der Waals surface area contributed by atoms with Crippen LogP contribution in [0.15, 0.2) is 24.3 Å². The number of H-pyrrole nitrogens is 1. The van der Waals surface area contributed by atoms with Gasteiger partial charge in [0, 0.05) is 30.9 Å². The molecule has 0 bridgehead atoms. The van der Waals surface area contributed by atoms with Crippen molar-refractivity contribution in [1.29, 1.82) is 0 Å². The molecule has 190 valence electrons. The number of nitrogens with one attached hydrogen (secondary N) is 3. The molecule has 1 atom stereocenters. The van der Waals surface area contributed by atoms with E-state index in [0.29, 0.717) is 24.2 Å². The number of nitrogens with zero attached hydrogens (tertiary/aromatic N) is 1. The minimum atomic E-state index is -0.831. The van der Waals surface area contributed by atoms with Crippen LogP contribution < -0.4 is 15.4 Å². The molecule has 0 radical (unpaired) electrons. The molecule has 1 saturated heterocycles. The van der Waals surface area contributed by atoms with E-state index in [9.17, 15) is 24.0 Å². The lowest BCUT2D eigenvalue weighted by atomic mass is 10.1. The monoisotopic (exact) mass is 486 g/mol. The van der Waals surface area contributed by atoms with Crippen molar-refractivity contribution in [2.45, 2.75) is 34.1 Å². The summed E-state index contributed by atoms with van der Waals surface area (Å²) >= 11 is 0. The van der Waals surface area contributed by atoms with E-state index in [-0.39, 0.29) is 31.2 Å². The summed E-state index contributed by atoms with van der Waals surface area (Å²) in [6, 6.07) is 6.98. The number of methoxy groups -OCH3 is 1. The number of ether oxygens (including phenoxy) is 1. The van der Waals surface area contributed by atoms with Gasteiger partial charge < -0.3 is 25.3 Å². The summed E-state index contributed by atoms with van der Waals surface area (Å²) in [6.45, 7) is 7.38. The summed E-state index contributed by atoms with van der Waals surface area (Å²) in [5, 5.41) is 5.90. The van der Waals surface area contributed by atoms with Crippen molar-refractivity contribution in [1.82, 2.24) is 20.5 Å². The zero-order valence-corrected chi connectivity index (χ0v) is 20.9. The van der Waals surface area contributed by atoms with E-state index < -0.39 is 29.3 Å². The number of aromatic amines is 1. The van der Waals surface area contributed by atoms with E-state index in [1.165, 1.54) is 7.11 Å². The van der Waals surface area contributed by atoms with Crippen LogP contribution in [0.2, 0.25) is 0 Å². The van der Waals surface area contributed by atoms with Gasteiger partial charge in [-0.3, -0.25) is 24.0 Å². The lowest BCUT2D eigenvalue weighted by Gasteiger charge is -2.23. The number of carbonyl (C=O) groups is 5. The van der Waals surface area contributed by atoms with Crippen molar-refractivity contribution < 1.29 is 28.7 Å². The number of amides is 3. The molecule has 1 aliphatic rings. The predicted molar refractivity (Wildman–Crippen MR) is 131 cm³/mol. The second-order valence-corrected chi connectivity index (χ2v) is 9.08. The maximum Gasteiger partial charge on any atom is 0.290 e. The highest BCUT2D eigenvalue weighted by molar-refractivity contribution is 6.35. The Balaban J connectivity index is 0.00000100. The van der Waals surface area contributed by atoms with Crippen LogP contribution in [0.1, 0.15) is 44.6 Å². The Bertz CT molecular complexity index is 1090. The van der Waals surface area contributed by atoms with Gasteiger partial charge in [-0.05, 0) is 30.5 Å². The molecular formula is C25H34N4O6. The Hall–Kier alpha value is -3.69. The van der Waals surface area contributed by atoms with E-state index in [4.69, 9.17) is 4.74 Å². The second-order valence-electron chi connectivity index (χ2n) is 9.08. The summed E-state index contributed by atoms with van der Waals surface area (Å²) in [4.78, 5) is 64.4. The molecular weight excluding hydrogens is 452 g/mol. The molecule has 0 unspecified atom stereocenters. The van der Waals surface area contributed by atoms with E-state index in [0.717, 1.165) is 23.1 Å². The van der Waals surface area contributed by atoms with Crippen LogP contribution in [0.5, 0.6) is 5.75 Å². The maximum absolute atomic E-state index is 12.4. The van der Waals surface area contributed by atoms with Crippen LogP contribution >= 0.6 is 0 Å². The summed E-state index contributed by atoms with van der Waals surface area (Å²) < 4.78 is 5.27. The average Bonchev–Trinajstić information content (AvgIpc) is 3.42. The third kappa shape index (κ3) is 7.94. The fourth-order valence-electron chi connectivity index (χ4n) is 3.50. The highest BCUT2D eigenvalue weighted by Gasteiger charge is 2.30. The molecule has 0 aliphatic carbocycles. The van der Waals surface area contributed by atoms with Crippen molar-refractivity contribution >= 4 is 40.2 Å². The van der Waals surface area contributed by atoms with E-state index in [1.54, 1.807) is 24.3 Å². The highest BCUT2D eigenvalue weighted by Crippen LogP contribution is 2.25. The molecule has 35 heavy (non-hydrogen) atoms. The molecule has 3 rings (SSSR count). The smallest absolute Gasteiger partial charge is 0.290 e. The van der Waals surface area contributed by atoms with Crippen molar-refractivity contribution in [3.8, 4) is 5.75 Å².